The number of aryl methyl sites for hydroxylation is 1. The fourth-order valence-electron chi connectivity index (χ4n) is 1.63. The lowest BCUT2D eigenvalue weighted by Crippen LogP contribution is -2.23. The number of rotatable bonds is 4. The van der Waals surface area contributed by atoms with Crippen molar-refractivity contribution in [1.82, 2.24) is 5.32 Å². The zero-order valence-electron chi connectivity index (χ0n) is 10.2. The van der Waals surface area contributed by atoms with Crippen LogP contribution in [0.3, 0.4) is 0 Å². The van der Waals surface area contributed by atoms with Gasteiger partial charge in [-0.2, -0.15) is 0 Å². The fourth-order valence-corrected chi connectivity index (χ4v) is 1.63. The van der Waals surface area contributed by atoms with E-state index in [4.69, 9.17) is 4.42 Å². The third-order valence-corrected chi connectivity index (χ3v) is 2.59. The lowest BCUT2D eigenvalue weighted by Gasteiger charge is -2.00. The third-order valence-electron chi connectivity index (χ3n) is 2.59. The lowest BCUT2D eigenvalue weighted by molar-refractivity contribution is 0.0956. The summed E-state index contributed by atoms with van der Waals surface area (Å²) in [6, 6.07) is 11.6. The van der Waals surface area contributed by atoms with Crippen molar-refractivity contribution in [3.63, 3.8) is 0 Å². The van der Waals surface area contributed by atoms with E-state index in [0.29, 0.717) is 17.9 Å². The molecule has 18 heavy (non-hydrogen) atoms. The SMILES string of the molecule is Cc1occc1C(=O)NC/C=C/c1ccccc1. The highest BCUT2D eigenvalue weighted by atomic mass is 16.3. The second-order valence-corrected chi connectivity index (χ2v) is 3.91. The molecule has 1 heterocycles. The lowest BCUT2D eigenvalue weighted by atomic mass is 10.2. The Morgan fingerprint density at radius 3 is 2.72 bits per heavy atom. The van der Waals surface area contributed by atoms with Gasteiger partial charge in [0.2, 0.25) is 0 Å². The molecule has 0 aliphatic heterocycles. The van der Waals surface area contributed by atoms with Crippen LogP contribution in [0.1, 0.15) is 21.7 Å². The van der Waals surface area contributed by atoms with Crippen LogP contribution in [0, 0.1) is 6.92 Å². The first-order valence-corrected chi connectivity index (χ1v) is 5.81. The summed E-state index contributed by atoms with van der Waals surface area (Å²) < 4.78 is 5.08. The predicted octanol–water partition coefficient (Wildman–Crippen LogP) is 3.03. The molecule has 3 heteroatoms. The van der Waals surface area contributed by atoms with E-state index in [-0.39, 0.29) is 5.91 Å². The van der Waals surface area contributed by atoms with Crippen molar-refractivity contribution in [1.29, 1.82) is 0 Å². The van der Waals surface area contributed by atoms with Crippen LogP contribution in [0.25, 0.3) is 6.08 Å². The van der Waals surface area contributed by atoms with E-state index in [1.165, 1.54) is 6.26 Å². The summed E-state index contributed by atoms with van der Waals surface area (Å²) in [5.74, 6) is 0.526. The molecule has 92 valence electrons. The number of nitrogens with one attached hydrogen (secondary N) is 1. The largest absolute Gasteiger partial charge is 0.469 e. The van der Waals surface area contributed by atoms with E-state index in [2.05, 4.69) is 5.32 Å². The van der Waals surface area contributed by atoms with E-state index in [0.717, 1.165) is 5.56 Å². The summed E-state index contributed by atoms with van der Waals surface area (Å²) in [5, 5.41) is 2.81. The smallest absolute Gasteiger partial charge is 0.255 e. The molecule has 1 amide bonds. The van der Waals surface area contributed by atoms with Gasteiger partial charge in [0.15, 0.2) is 0 Å². The van der Waals surface area contributed by atoms with E-state index in [1.807, 2.05) is 42.5 Å². The molecule has 1 aromatic carbocycles. The Balaban J connectivity index is 1.84. The molecule has 0 unspecified atom stereocenters. The summed E-state index contributed by atoms with van der Waals surface area (Å²) in [6.07, 6.45) is 5.41. The molecule has 0 fully saturated rings. The van der Waals surface area contributed by atoms with Gasteiger partial charge in [0.25, 0.3) is 5.91 Å². The Hall–Kier alpha value is -2.29. The van der Waals surface area contributed by atoms with Crippen molar-refractivity contribution in [2.45, 2.75) is 6.92 Å². The predicted molar refractivity (Wildman–Crippen MR) is 71.3 cm³/mol. The third kappa shape index (κ3) is 3.10. The van der Waals surface area contributed by atoms with Crippen molar-refractivity contribution in [2.75, 3.05) is 6.54 Å². The monoisotopic (exact) mass is 241 g/mol. The molecule has 1 N–H and O–H groups in total. The van der Waals surface area contributed by atoms with Crippen molar-refractivity contribution < 1.29 is 9.21 Å². The Labute approximate surface area is 106 Å². The molecule has 2 rings (SSSR count). The van der Waals surface area contributed by atoms with E-state index in [1.54, 1.807) is 13.0 Å². The highest BCUT2D eigenvalue weighted by molar-refractivity contribution is 5.95. The van der Waals surface area contributed by atoms with Gasteiger partial charge in [0.05, 0.1) is 11.8 Å². The van der Waals surface area contributed by atoms with Gasteiger partial charge in [0.1, 0.15) is 5.76 Å². The van der Waals surface area contributed by atoms with Crippen LogP contribution in [0.4, 0.5) is 0 Å². The van der Waals surface area contributed by atoms with Crippen LogP contribution in [0.15, 0.2) is 53.2 Å². The normalized spacial score (nSPS) is 10.7. The molecule has 0 aliphatic rings. The number of carbonyl (C=O) groups is 1. The van der Waals surface area contributed by atoms with Gasteiger partial charge >= 0.3 is 0 Å². The van der Waals surface area contributed by atoms with Crippen LogP contribution in [0.5, 0.6) is 0 Å². The van der Waals surface area contributed by atoms with Crippen molar-refractivity contribution in [2.24, 2.45) is 0 Å². The molecule has 0 saturated carbocycles. The minimum Gasteiger partial charge on any atom is -0.469 e. The molecule has 2 aromatic rings. The van der Waals surface area contributed by atoms with Crippen LogP contribution in [0.2, 0.25) is 0 Å². The topological polar surface area (TPSA) is 42.2 Å². The van der Waals surface area contributed by atoms with E-state index >= 15 is 0 Å². The number of benzene rings is 1. The molecule has 0 spiro atoms. The minimum absolute atomic E-state index is 0.112. The van der Waals surface area contributed by atoms with Crippen LogP contribution >= 0.6 is 0 Å². The molecule has 3 nitrogen and oxygen atoms in total. The summed E-state index contributed by atoms with van der Waals surface area (Å²) >= 11 is 0. The maximum Gasteiger partial charge on any atom is 0.255 e. The van der Waals surface area contributed by atoms with Gasteiger partial charge in [-0.15, -0.1) is 0 Å². The zero-order valence-corrected chi connectivity index (χ0v) is 10.2. The number of carbonyl (C=O) groups excluding carboxylic acids is 1. The Morgan fingerprint density at radius 2 is 2.06 bits per heavy atom. The van der Waals surface area contributed by atoms with E-state index in [9.17, 15) is 4.79 Å². The van der Waals surface area contributed by atoms with Gasteiger partial charge in [0, 0.05) is 6.54 Å². The summed E-state index contributed by atoms with van der Waals surface area (Å²) in [4.78, 5) is 11.7. The highest BCUT2D eigenvalue weighted by Gasteiger charge is 2.09. The first kappa shape index (κ1) is 12.2. The van der Waals surface area contributed by atoms with Crippen LogP contribution in [-0.4, -0.2) is 12.5 Å². The van der Waals surface area contributed by atoms with Crippen molar-refractivity contribution in [3.05, 3.63) is 65.6 Å². The van der Waals surface area contributed by atoms with Gasteiger partial charge in [-0.25, -0.2) is 0 Å². The molecule has 0 bridgehead atoms. The summed E-state index contributed by atoms with van der Waals surface area (Å²) in [5.41, 5.74) is 1.70. The molecule has 0 atom stereocenters. The second-order valence-electron chi connectivity index (χ2n) is 3.91. The average Bonchev–Trinajstić information content (AvgIpc) is 2.82. The Morgan fingerprint density at radius 1 is 1.28 bits per heavy atom. The van der Waals surface area contributed by atoms with Gasteiger partial charge in [-0.3, -0.25) is 4.79 Å². The van der Waals surface area contributed by atoms with Gasteiger partial charge in [-0.1, -0.05) is 42.5 Å². The molecular formula is C15H15NO2. The first-order valence-electron chi connectivity index (χ1n) is 5.81. The summed E-state index contributed by atoms with van der Waals surface area (Å²) in [6.45, 7) is 2.27. The fraction of sp³-hybridized carbons (Fsp3) is 0.133. The van der Waals surface area contributed by atoms with Crippen LogP contribution < -0.4 is 5.32 Å². The molecule has 0 radical (unpaired) electrons. The van der Waals surface area contributed by atoms with Crippen molar-refractivity contribution >= 4 is 12.0 Å². The number of hydrogen-bond donors (Lipinski definition) is 1. The quantitative estimate of drug-likeness (QED) is 0.894. The van der Waals surface area contributed by atoms with Gasteiger partial charge < -0.3 is 9.73 Å². The molecular weight excluding hydrogens is 226 g/mol. The zero-order chi connectivity index (χ0) is 12.8. The van der Waals surface area contributed by atoms with Gasteiger partial charge in [-0.05, 0) is 18.6 Å². The molecule has 0 aliphatic carbocycles. The number of hydrogen-bond acceptors (Lipinski definition) is 2. The van der Waals surface area contributed by atoms with Crippen molar-refractivity contribution in [3.8, 4) is 0 Å². The molecule has 1 aromatic heterocycles. The van der Waals surface area contributed by atoms with E-state index < -0.39 is 0 Å². The highest BCUT2D eigenvalue weighted by Crippen LogP contribution is 2.07. The average molecular weight is 241 g/mol. The second kappa shape index (κ2) is 5.87. The number of amides is 1. The number of furan rings is 1. The Kier molecular flexibility index (Phi) is 3.97. The van der Waals surface area contributed by atoms with Crippen LogP contribution in [-0.2, 0) is 0 Å². The first-order chi connectivity index (χ1) is 8.77. The summed E-state index contributed by atoms with van der Waals surface area (Å²) in [7, 11) is 0. The standard InChI is InChI=1S/C15H15NO2/c1-12-14(9-11-18-12)15(17)16-10-5-8-13-6-3-2-4-7-13/h2-9,11H,10H2,1H3,(H,16,17)/b8-5+. The minimum atomic E-state index is -0.112. The molecule has 0 saturated heterocycles. The maximum absolute atomic E-state index is 11.7. The Bertz CT molecular complexity index is 541. The maximum atomic E-state index is 11.7.